The Labute approximate surface area is 195 Å². The lowest BCUT2D eigenvalue weighted by molar-refractivity contribution is -0.137. The molecule has 0 atom stereocenters. The van der Waals surface area contributed by atoms with Crippen LogP contribution in [0.3, 0.4) is 0 Å². The van der Waals surface area contributed by atoms with E-state index in [1.165, 1.54) is 0 Å². The summed E-state index contributed by atoms with van der Waals surface area (Å²) in [6, 6.07) is 12.9. The van der Waals surface area contributed by atoms with Gasteiger partial charge in [0.25, 0.3) is 5.91 Å². The number of amidine groups is 1. The van der Waals surface area contributed by atoms with E-state index < -0.39 is 17.6 Å². The molecule has 1 amide bonds. The predicted molar refractivity (Wildman–Crippen MR) is 124 cm³/mol. The van der Waals surface area contributed by atoms with E-state index in [2.05, 4.69) is 33.8 Å². The molecule has 4 nitrogen and oxygen atoms in total. The average Bonchev–Trinajstić information content (AvgIpc) is 3.27. The number of carbonyl (C=O) groups is 1. The van der Waals surface area contributed by atoms with E-state index in [0.29, 0.717) is 12.5 Å². The monoisotopic (exact) mass is 475 g/mol. The van der Waals surface area contributed by atoms with Crippen molar-refractivity contribution in [3.63, 3.8) is 0 Å². The Hall–Kier alpha value is -2.80. The van der Waals surface area contributed by atoms with E-state index in [4.69, 9.17) is 11.6 Å². The minimum Gasteiger partial charge on any atom is -0.370 e. The Morgan fingerprint density at radius 3 is 2.48 bits per heavy atom. The molecule has 1 saturated carbocycles. The van der Waals surface area contributed by atoms with Gasteiger partial charge < -0.3 is 10.6 Å². The smallest absolute Gasteiger partial charge is 0.370 e. The summed E-state index contributed by atoms with van der Waals surface area (Å²) >= 11 is 5.99. The number of rotatable bonds is 5. The van der Waals surface area contributed by atoms with E-state index in [9.17, 15) is 18.0 Å². The van der Waals surface area contributed by atoms with Crippen LogP contribution in [0, 0.1) is 5.92 Å². The maximum atomic E-state index is 13.0. The zero-order valence-corrected chi connectivity index (χ0v) is 18.7. The lowest BCUT2D eigenvalue weighted by Crippen LogP contribution is -2.40. The van der Waals surface area contributed by atoms with Crippen molar-refractivity contribution in [2.75, 3.05) is 13.1 Å². The normalized spacial score (nSPS) is 20.7. The quantitative estimate of drug-likeness (QED) is 0.580. The second-order valence-corrected chi connectivity index (χ2v) is 8.84. The van der Waals surface area contributed by atoms with E-state index in [1.807, 2.05) is 18.2 Å². The number of carbonyl (C=O) groups excluding carboxylic acids is 1. The minimum atomic E-state index is -4.52. The standard InChI is InChI=1S/C25H25ClF3N3O/c26-22-11-8-18(25(27,28)29)14-21(22)24(33)32-19-9-6-16(7-10-19)15-31-23-20(12-13-30-23)17-4-2-1-3-5-17/h1-5,8,11-12,14,16,19H,6-7,9-10,13,15H2,(H,30,31)(H,32,33). The van der Waals surface area contributed by atoms with Crippen molar-refractivity contribution in [1.29, 1.82) is 0 Å². The largest absolute Gasteiger partial charge is 0.416 e. The molecule has 0 bridgehead atoms. The molecule has 0 aromatic heterocycles. The number of aliphatic imine (C=N–C) groups is 1. The fourth-order valence-electron chi connectivity index (χ4n) is 4.32. The third-order valence-corrected chi connectivity index (χ3v) is 6.49. The van der Waals surface area contributed by atoms with Crippen molar-refractivity contribution >= 4 is 28.9 Å². The van der Waals surface area contributed by atoms with Crippen LogP contribution >= 0.6 is 11.6 Å². The summed E-state index contributed by atoms with van der Waals surface area (Å²) in [7, 11) is 0. The van der Waals surface area contributed by atoms with Crippen molar-refractivity contribution in [3.05, 3.63) is 76.3 Å². The second-order valence-electron chi connectivity index (χ2n) is 8.44. The number of benzene rings is 2. The fraction of sp³-hybridized carbons (Fsp3) is 0.360. The molecular weight excluding hydrogens is 451 g/mol. The van der Waals surface area contributed by atoms with Gasteiger partial charge in [0.2, 0.25) is 0 Å². The van der Waals surface area contributed by atoms with Gasteiger partial charge in [0, 0.05) is 18.2 Å². The SMILES string of the molecule is O=C(NC1CCC(CNC2=NCC=C2c2ccccc2)CC1)c1cc(C(F)(F)F)ccc1Cl. The molecule has 8 heteroatoms. The second kappa shape index (κ2) is 10.00. The molecule has 2 aromatic rings. The van der Waals surface area contributed by atoms with Crippen LogP contribution in [0.5, 0.6) is 0 Å². The topological polar surface area (TPSA) is 53.5 Å². The van der Waals surface area contributed by atoms with Gasteiger partial charge in [-0.05, 0) is 55.4 Å². The molecule has 2 N–H and O–H groups in total. The van der Waals surface area contributed by atoms with Gasteiger partial charge in [-0.1, -0.05) is 48.0 Å². The molecule has 33 heavy (non-hydrogen) atoms. The van der Waals surface area contributed by atoms with Crippen LogP contribution < -0.4 is 10.6 Å². The van der Waals surface area contributed by atoms with Crippen LogP contribution in [-0.2, 0) is 6.18 Å². The summed E-state index contributed by atoms with van der Waals surface area (Å²) < 4.78 is 38.9. The van der Waals surface area contributed by atoms with Gasteiger partial charge in [-0.2, -0.15) is 13.2 Å². The first-order chi connectivity index (χ1) is 15.8. The Morgan fingerprint density at radius 2 is 1.79 bits per heavy atom. The highest BCUT2D eigenvalue weighted by molar-refractivity contribution is 6.33. The Kier molecular flexibility index (Phi) is 7.08. The molecule has 0 spiro atoms. The first-order valence-electron chi connectivity index (χ1n) is 11.0. The van der Waals surface area contributed by atoms with Crippen LogP contribution in [0.15, 0.2) is 59.6 Å². The Morgan fingerprint density at radius 1 is 1.06 bits per heavy atom. The first kappa shape index (κ1) is 23.4. The number of amides is 1. The Balaban J connectivity index is 1.27. The van der Waals surface area contributed by atoms with Crippen LogP contribution in [0.25, 0.3) is 5.57 Å². The maximum absolute atomic E-state index is 13.0. The van der Waals surface area contributed by atoms with Gasteiger partial charge in [-0.15, -0.1) is 0 Å². The molecule has 2 aliphatic rings. The summed E-state index contributed by atoms with van der Waals surface area (Å²) in [6.07, 6.45) is 0.940. The summed E-state index contributed by atoms with van der Waals surface area (Å²) in [5.74, 6) is 0.789. The molecule has 0 radical (unpaired) electrons. The molecule has 1 aliphatic heterocycles. The van der Waals surface area contributed by atoms with E-state index >= 15 is 0 Å². The van der Waals surface area contributed by atoms with E-state index in [1.54, 1.807) is 0 Å². The molecule has 1 heterocycles. The highest BCUT2D eigenvalue weighted by Crippen LogP contribution is 2.32. The number of alkyl halides is 3. The summed E-state index contributed by atoms with van der Waals surface area (Å²) in [5.41, 5.74) is 1.23. The first-order valence-corrected chi connectivity index (χ1v) is 11.4. The van der Waals surface area contributed by atoms with Gasteiger partial charge in [0.05, 0.1) is 22.7 Å². The maximum Gasteiger partial charge on any atom is 0.416 e. The van der Waals surface area contributed by atoms with Crippen molar-refractivity contribution in [1.82, 2.24) is 10.6 Å². The predicted octanol–water partition coefficient (Wildman–Crippen LogP) is 5.73. The Bertz CT molecular complexity index is 1060. The van der Waals surface area contributed by atoms with Crippen molar-refractivity contribution in [3.8, 4) is 0 Å². The third-order valence-electron chi connectivity index (χ3n) is 6.16. The molecule has 0 saturated heterocycles. The lowest BCUT2D eigenvalue weighted by Gasteiger charge is -2.29. The third kappa shape index (κ3) is 5.77. The van der Waals surface area contributed by atoms with Crippen molar-refractivity contribution in [2.45, 2.75) is 37.9 Å². The average molecular weight is 476 g/mol. The van der Waals surface area contributed by atoms with E-state index in [0.717, 1.165) is 67.4 Å². The summed E-state index contributed by atoms with van der Waals surface area (Å²) in [4.78, 5) is 17.1. The number of nitrogens with one attached hydrogen (secondary N) is 2. The van der Waals surface area contributed by atoms with Gasteiger partial charge in [0.15, 0.2) is 0 Å². The molecule has 1 aliphatic carbocycles. The molecule has 174 valence electrons. The van der Waals surface area contributed by atoms with Crippen molar-refractivity contribution in [2.24, 2.45) is 10.9 Å². The van der Waals surface area contributed by atoms with Gasteiger partial charge in [0.1, 0.15) is 5.84 Å². The number of hydrogen-bond acceptors (Lipinski definition) is 3. The van der Waals surface area contributed by atoms with Gasteiger partial charge >= 0.3 is 6.18 Å². The van der Waals surface area contributed by atoms with Crippen LogP contribution in [0.1, 0.15) is 47.2 Å². The molecular formula is C25H25ClF3N3O. The zero-order chi connectivity index (χ0) is 23.4. The van der Waals surface area contributed by atoms with E-state index in [-0.39, 0.29) is 16.6 Å². The van der Waals surface area contributed by atoms with Gasteiger partial charge in [-0.25, -0.2) is 0 Å². The number of hydrogen-bond donors (Lipinski definition) is 2. The number of nitrogens with zero attached hydrogens (tertiary/aromatic N) is 1. The highest BCUT2D eigenvalue weighted by Gasteiger charge is 2.32. The minimum absolute atomic E-state index is 0.0120. The number of halogens is 4. The lowest BCUT2D eigenvalue weighted by atomic mass is 9.85. The zero-order valence-electron chi connectivity index (χ0n) is 18.0. The summed E-state index contributed by atoms with van der Waals surface area (Å²) in [5, 5.41) is 6.35. The highest BCUT2D eigenvalue weighted by atomic mass is 35.5. The van der Waals surface area contributed by atoms with Crippen LogP contribution in [0.2, 0.25) is 5.02 Å². The van der Waals surface area contributed by atoms with Crippen LogP contribution in [-0.4, -0.2) is 30.9 Å². The summed E-state index contributed by atoms with van der Waals surface area (Å²) in [6.45, 7) is 1.46. The van der Waals surface area contributed by atoms with Gasteiger partial charge in [-0.3, -0.25) is 9.79 Å². The molecule has 4 rings (SSSR count). The fourth-order valence-corrected chi connectivity index (χ4v) is 4.53. The molecule has 1 fully saturated rings. The van der Waals surface area contributed by atoms with Crippen molar-refractivity contribution < 1.29 is 18.0 Å². The van der Waals surface area contributed by atoms with Crippen LogP contribution in [0.4, 0.5) is 13.2 Å². The molecule has 0 unspecified atom stereocenters. The molecule has 2 aromatic carbocycles.